The Labute approximate surface area is 142 Å². The number of rotatable bonds is 3. The Morgan fingerprint density at radius 1 is 1.29 bits per heavy atom. The number of carbonyl (C=O) groups is 2. The summed E-state index contributed by atoms with van der Waals surface area (Å²) in [7, 11) is 0. The van der Waals surface area contributed by atoms with Crippen LogP contribution in [0.4, 0.5) is 22.4 Å². The Kier molecular flexibility index (Phi) is 7.07. The molecule has 1 unspecified atom stereocenters. The summed E-state index contributed by atoms with van der Waals surface area (Å²) in [4.78, 5) is 24.5. The Bertz CT molecular complexity index is 507. The lowest BCUT2D eigenvalue weighted by Crippen LogP contribution is -2.52. The van der Waals surface area contributed by atoms with E-state index in [1.54, 1.807) is 13.8 Å². The van der Waals surface area contributed by atoms with Crippen molar-refractivity contribution in [2.45, 2.75) is 56.8 Å². The van der Waals surface area contributed by atoms with E-state index in [0.29, 0.717) is 6.42 Å². The molecule has 0 radical (unpaired) electrons. The van der Waals surface area contributed by atoms with E-state index in [2.05, 4.69) is 4.74 Å². The van der Waals surface area contributed by atoms with Gasteiger partial charge in [0.2, 0.25) is 0 Å². The predicted molar refractivity (Wildman–Crippen MR) is 80.5 cm³/mol. The third-order valence-electron chi connectivity index (χ3n) is 3.76. The molecule has 24 heavy (non-hydrogen) atoms. The van der Waals surface area contributed by atoms with Crippen LogP contribution in [0, 0.1) is 0 Å². The van der Waals surface area contributed by atoms with Gasteiger partial charge in [-0.1, -0.05) is 0 Å². The summed E-state index contributed by atoms with van der Waals surface area (Å²) in [5.41, 5.74) is 0. The number of hydrogen-bond acceptors (Lipinski definition) is 3. The third kappa shape index (κ3) is 4.20. The smallest absolute Gasteiger partial charge is 0.408 e. The maximum absolute atomic E-state index is 14.3. The average Bonchev–Trinajstić information content (AvgIpc) is 2.52. The number of alkyl halides is 5. The van der Waals surface area contributed by atoms with Gasteiger partial charge in [0, 0.05) is 19.5 Å². The highest BCUT2D eigenvalue weighted by atomic mass is 35.5. The van der Waals surface area contributed by atoms with Crippen LogP contribution in [-0.2, 0) is 9.53 Å². The molecule has 1 aliphatic rings. The number of nitrogens with zero attached hydrogens (tertiary/aromatic N) is 1. The number of halogens is 5. The van der Waals surface area contributed by atoms with Crippen molar-refractivity contribution in [2.24, 2.45) is 0 Å². The Hall–Kier alpha value is -1.31. The number of ether oxygens (including phenoxy) is 1. The molecular weight excluding hydrogens is 354 g/mol. The molecule has 0 aliphatic heterocycles. The van der Waals surface area contributed by atoms with Gasteiger partial charge in [-0.05, 0) is 39.2 Å². The SMILES string of the molecule is CCN(CC)C(=O)O/C1=C\CCCCC(=O)C(Cl)C(F)(F)C1(F)F. The second-order valence-corrected chi connectivity index (χ2v) is 5.82. The number of ketones is 1. The van der Waals surface area contributed by atoms with Crippen molar-refractivity contribution in [3.8, 4) is 0 Å². The van der Waals surface area contributed by atoms with Gasteiger partial charge in [0.1, 0.15) is 0 Å². The molecule has 138 valence electrons. The number of allylic oxidation sites excluding steroid dienone is 2. The van der Waals surface area contributed by atoms with Gasteiger partial charge >= 0.3 is 17.9 Å². The fourth-order valence-electron chi connectivity index (χ4n) is 2.20. The lowest BCUT2D eigenvalue weighted by molar-refractivity contribution is -0.202. The van der Waals surface area contributed by atoms with Gasteiger partial charge in [-0.3, -0.25) is 4.79 Å². The van der Waals surface area contributed by atoms with Gasteiger partial charge in [-0.15, -0.1) is 11.6 Å². The zero-order chi connectivity index (χ0) is 18.5. The van der Waals surface area contributed by atoms with Crippen molar-refractivity contribution < 1.29 is 31.9 Å². The molecule has 0 fully saturated rings. The van der Waals surface area contributed by atoms with E-state index >= 15 is 0 Å². The second kappa shape index (κ2) is 8.18. The minimum absolute atomic E-state index is 0.0211. The fraction of sp³-hybridized carbons (Fsp3) is 0.733. The van der Waals surface area contributed by atoms with E-state index < -0.39 is 34.9 Å². The van der Waals surface area contributed by atoms with Gasteiger partial charge in [0.25, 0.3) is 0 Å². The van der Waals surface area contributed by atoms with Crippen molar-refractivity contribution >= 4 is 23.5 Å². The predicted octanol–water partition coefficient (Wildman–Crippen LogP) is 4.37. The molecule has 0 aromatic carbocycles. The van der Waals surface area contributed by atoms with Crippen molar-refractivity contribution in [1.82, 2.24) is 4.90 Å². The van der Waals surface area contributed by atoms with E-state index in [9.17, 15) is 27.2 Å². The summed E-state index contributed by atoms with van der Waals surface area (Å²) in [6, 6.07) is 0. The topological polar surface area (TPSA) is 46.6 Å². The van der Waals surface area contributed by atoms with Crippen molar-refractivity contribution in [3.63, 3.8) is 0 Å². The highest BCUT2D eigenvalue weighted by Crippen LogP contribution is 2.45. The van der Waals surface area contributed by atoms with Gasteiger partial charge in [-0.2, -0.15) is 17.6 Å². The normalized spacial score (nSPS) is 26.2. The zero-order valence-corrected chi connectivity index (χ0v) is 14.2. The molecule has 4 nitrogen and oxygen atoms in total. The molecule has 1 aliphatic carbocycles. The standard InChI is InChI=1S/C15H20ClF4NO3/c1-3-21(4-2)13(23)24-11-9-7-5-6-8-10(22)12(16)15(19,20)14(11,17)18/h9,12H,3-8H2,1-2H3/b11-9-. The molecule has 0 aromatic heterocycles. The van der Waals surface area contributed by atoms with E-state index in [1.807, 2.05) is 0 Å². The van der Waals surface area contributed by atoms with Crippen LogP contribution < -0.4 is 0 Å². The first kappa shape index (κ1) is 20.7. The Morgan fingerprint density at radius 2 is 1.88 bits per heavy atom. The summed E-state index contributed by atoms with van der Waals surface area (Å²) in [6.45, 7) is 3.52. The van der Waals surface area contributed by atoms with Crippen LogP contribution in [0.15, 0.2) is 11.8 Å². The minimum atomic E-state index is -4.88. The first-order valence-corrected chi connectivity index (χ1v) is 8.13. The molecule has 1 rings (SSSR count). The molecule has 9 heteroatoms. The van der Waals surface area contributed by atoms with Gasteiger partial charge in [-0.25, -0.2) is 4.79 Å². The molecule has 1 amide bonds. The molecule has 0 bridgehead atoms. The van der Waals surface area contributed by atoms with Crippen LogP contribution in [0.2, 0.25) is 0 Å². The summed E-state index contributed by atoms with van der Waals surface area (Å²) in [6.07, 6.45) is -0.166. The molecule has 0 N–H and O–H groups in total. The van der Waals surface area contributed by atoms with Crippen LogP contribution in [0.3, 0.4) is 0 Å². The largest absolute Gasteiger partial charge is 0.415 e. The van der Waals surface area contributed by atoms with Crippen LogP contribution in [-0.4, -0.2) is 47.1 Å². The second-order valence-electron chi connectivity index (χ2n) is 5.38. The quantitative estimate of drug-likeness (QED) is 0.545. The average molecular weight is 374 g/mol. The summed E-state index contributed by atoms with van der Waals surface area (Å²) in [5.74, 6) is -12.4. The first-order chi connectivity index (χ1) is 11.1. The van der Waals surface area contributed by atoms with E-state index in [0.717, 1.165) is 11.0 Å². The summed E-state index contributed by atoms with van der Waals surface area (Å²) in [5, 5.41) is -2.69. The fourth-order valence-corrected chi connectivity index (χ4v) is 2.45. The van der Waals surface area contributed by atoms with E-state index in [-0.39, 0.29) is 32.4 Å². The van der Waals surface area contributed by atoms with Crippen molar-refractivity contribution in [2.75, 3.05) is 13.1 Å². The number of Topliss-reactive ketones (excluding diaryl/α,β-unsaturated/α-hetero) is 1. The molecule has 0 spiro atoms. The van der Waals surface area contributed by atoms with Crippen LogP contribution >= 0.6 is 11.6 Å². The molecule has 0 heterocycles. The lowest BCUT2D eigenvalue weighted by Gasteiger charge is -2.31. The zero-order valence-electron chi connectivity index (χ0n) is 13.5. The molecular formula is C15H20ClF4NO3. The minimum Gasteiger partial charge on any atom is -0.408 e. The first-order valence-electron chi connectivity index (χ1n) is 7.69. The Balaban J connectivity index is 3.20. The Morgan fingerprint density at radius 3 is 2.42 bits per heavy atom. The van der Waals surface area contributed by atoms with E-state index in [1.165, 1.54) is 0 Å². The number of hydrogen-bond donors (Lipinski definition) is 0. The van der Waals surface area contributed by atoms with Crippen molar-refractivity contribution in [1.29, 1.82) is 0 Å². The highest BCUT2D eigenvalue weighted by Gasteiger charge is 2.66. The summed E-state index contributed by atoms with van der Waals surface area (Å²) >= 11 is 5.31. The maximum Gasteiger partial charge on any atom is 0.415 e. The monoisotopic (exact) mass is 373 g/mol. The van der Waals surface area contributed by atoms with Gasteiger partial charge < -0.3 is 9.64 Å². The molecule has 0 saturated heterocycles. The summed E-state index contributed by atoms with van der Waals surface area (Å²) < 4.78 is 61.4. The van der Waals surface area contributed by atoms with Crippen molar-refractivity contribution in [3.05, 3.63) is 11.8 Å². The highest BCUT2D eigenvalue weighted by molar-refractivity contribution is 6.32. The van der Waals surface area contributed by atoms with E-state index in [4.69, 9.17) is 11.6 Å². The number of amides is 1. The van der Waals surface area contributed by atoms with Crippen LogP contribution in [0.25, 0.3) is 0 Å². The molecule has 1 atom stereocenters. The lowest BCUT2D eigenvalue weighted by atomic mass is 9.97. The van der Waals surface area contributed by atoms with Gasteiger partial charge in [0.15, 0.2) is 16.9 Å². The third-order valence-corrected chi connectivity index (χ3v) is 4.27. The van der Waals surface area contributed by atoms with Crippen LogP contribution in [0.5, 0.6) is 0 Å². The maximum atomic E-state index is 14.3. The number of carbonyl (C=O) groups excluding carboxylic acids is 2. The molecule has 0 saturated carbocycles. The molecule has 0 aromatic rings. The van der Waals surface area contributed by atoms with Crippen LogP contribution in [0.1, 0.15) is 39.5 Å². The van der Waals surface area contributed by atoms with Gasteiger partial charge in [0.05, 0.1) is 0 Å².